The number of likely N-dealkylation sites (N-methyl/N-ethyl adjacent to an activating group) is 1. The number of hydrogen-bond acceptors (Lipinski definition) is 5. The molecule has 2 aliphatic heterocycles. The molecule has 1 amide bonds. The third-order valence-electron chi connectivity index (χ3n) is 5.83. The Bertz CT molecular complexity index is 887. The van der Waals surface area contributed by atoms with E-state index < -0.39 is 52.7 Å². The molecule has 1 aromatic rings. The van der Waals surface area contributed by atoms with Crippen molar-refractivity contribution in [2.75, 3.05) is 52.9 Å². The standard InChI is InChI=1S/C21H28F6N4O2S/c1-15(16-4-3-5-18(12-16)33-21(25,26)27)31-13-17(20(22,23)24)14-34(31)19(32)28-6-7-30-10-8-29(2)9-11-30/h3-5,12,14-15,17H,6-11,13H2,1-2H3,(H,28,32). The van der Waals surface area contributed by atoms with E-state index in [1.54, 1.807) is 6.92 Å². The van der Waals surface area contributed by atoms with Gasteiger partial charge in [0.2, 0.25) is 0 Å². The van der Waals surface area contributed by atoms with Crippen molar-refractivity contribution in [3.63, 3.8) is 0 Å². The van der Waals surface area contributed by atoms with Crippen LogP contribution in [0.2, 0.25) is 0 Å². The van der Waals surface area contributed by atoms with E-state index >= 15 is 0 Å². The first kappa shape index (κ1) is 26.8. The number of halogens is 6. The van der Waals surface area contributed by atoms with Gasteiger partial charge in [-0.25, -0.2) is 4.31 Å². The van der Waals surface area contributed by atoms with Gasteiger partial charge in [-0.2, -0.15) is 13.2 Å². The number of alkyl halides is 6. The zero-order valence-corrected chi connectivity index (χ0v) is 19.6. The van der Waals surface area contributed by atoms with E-state index in [-0.39, 0.29) is 0 Å². The molecule has 6 nitrogen and oxygen atoms in total. The van der Waals surface area contributed by atoms with Crippen LogP contribution in [0.5, 0.6) is 5.75 Å². The summed E-state index contributed by atoms with van der Waals surface area (Å²) in [7, 11) is 0.516. The maximum Gasteiger partial charge on any atom is 0.573 e. The predicted octanol–water partition coefficient (Wildman–Crippen LogP) is 4.08. The van der Waals surface area contributed by atoms with Crippen LogP contribution < -0.4 is 10.1 Å². The Kier molecular flexibility index (Phi) is 8.53. The Hall–Kier alpha value is -1.83. The molecular formula is C21H28F6N4O2S. The van der Waals surface area contributed by atoms with Crippen molar-refractivity contribution in [2.45, 2.75) is 25.5 Å². The first-order chi connectivity index (χ1) is 15.8. The Labute approximate surface area is 196 Å². The number of hydrogen-bond donors (Lipinski definition) is 1. The van der Waals surface area contributed by atoms with Crippen molar-refractivity contribution < 1.29 is 35.9 Å². The minimum Gasteiger partial charge on any atom is -0.406 e. The van der Waals surface area contributed by atoms with E-state index in [0.29, 0.717) is 18.7 Å². The summed E-state index contributed by atoms with van der Waals surface area (Å²) in [5, 5.41) is 3.20. The second-order valence-electron chi connectivity index (χ2n) is 8.35. The maximum absolute atomic E-state index is 13.5. The topological polar surface area (TPSA) is 48.1 Å². The Morgan fingerprint density at radius 1 is 1.18 bits per heavy atom. The molecule has 0 aliphatic carbocycles. The van der Waals surface area contributed by atoms with Crippen molar-refractivity contribution in [2.24, 2.45) is 5.92 Å². The predicted molar refractivity (Wildman–Crippen MR) is 119 cm³/mol. The van der Waals surface area contributed by atoms with Gasteiger partial charge in [0.05, 0.1) is 5.92 Å². The molecule has 1 N–H and O–H groups in total. The SMILES string of the molecule is CC(c1cccc(OC(F)(F)F)c1)N1CC(C(F)(F)F)C=S1C(=O)NCCN1CCN(C)CC1. The summed E-state index contributed by atoms with van der Waals surface area (Å²) in [5.74, 6) is -2.28. The average Bonchev–Trinajstić information content (AvgIpc) is 3.20. The monoisotopic (exact) mass is 514 g/mol. The average molecular weight is 515 g/mol. The third kappa shape index (κ3) is 7.33. The Balaban J connectivity index is 1.70. The number of piperazine rings is 1. The highest BCUT2D eigenvalue weighted by Crippen LogP contribution is 2.42. The van der Waals surface area contributed by atoms with Crippen molar-refractivity contribution >= 4 is 21.3 Å². The molecular weight excluding hydrogens is 486 g/mol. The molecule has 192 valence electrons. The van der Waals surface area contributed by atoms with E-state index in [4.69, 9.17) is 0 Å². The fourth-order valence-electron chi connectivity index (χ4n) is 3.83. The van der Waals surface area contributed by atoms with E-state index in [1.807, 2.05) is 7.05 Å². The zero-order chi connectivity index (χ0) is 25.1. The number of benzene rings is 1. The van der Waals surface area contributed by atoms with Gasteiger partial charge in [-0.1, -0.05) is 12.1 Å². The molecule has 1 saturated heterocycles. The summed E-state index contributed by atoms with van der Waals surface area (Å²) in [6.45, 7) is 5.50. The first-order valence-electron chi connectivity index (χ1n) is 10.8. The van der Waals surface area contributed by atoms with Gasteiger partial charge in [0.25, 0.3) is 5.24 Å². The van der Waals surface area contributed by atoms with Gasteiger partial charge in [-0.05, 0) is 47.7 Å². The van der Waals surface area contributed by atoms with Crippen molar-refractivity contribution in [1.82, 2.24) is 19.4 Å². The van der Waals surface area contributed by atoms with Gasteiger partial charge >= 0.3 is 12.5 Å². The Morgan fingerprint density at radius 2 is 1.85 bits per heavy atom. The van der Waals surface area contributed by atoms with Crippen LogP contribution in [-0.4, -0.2) is 90.1 Å². The number of rotatable bonds is 6. The Morgan fingerprint density at radius 3 is 2.47 bits per heavy atom. The van der Waals surface area contributed by atoms with Crippen LogP contribution in [0.4, 0.5) is 31.1 Å². The molecule has 1 fully saturated rings. The lowest BCUT2D eigenvalue weighted by atomic mass is 10.1. The molecule has 34 heavy (non-hydrogen) atoms. The highest BCUT2D eigenvalue weighted by Gasteiger charge is 2.45. The van der Waals surface area contributed by atoms with Crippen LogP contribution in [0.15, 0.2) is 24.3 Å². The zero-order valence-electron chi connectivity index (χ0n) is 18.8. The molecule has 13 heteroatoms. The number of nitrogens with zero attached hydrogens (tertiary/aromatic N) is 3. The van der Waals surface area contributed by atoms with Gasteiger partial charge < -0.3 is 15.0 Å². The molecule has 3 rings (SSSR count). The van der Waals surface area contributed by atoms with Gasteiger partial charge in [0.15, 0.2) is 0 Å². The van der Waals surface area contributed by atoms with E-state index in [1.165, 1.54) is 16.4 Å². The molecule has 0 bridgehead atoms. The molecule has 2 aliphatic rings. The molecule has 0 spiro atoms. The van der Waals surface area contributed by atoms with Crippen molar-refractivity contribution in [3.8, 4) is 5.75 Å². The minimum absolute atomic E-state index is 0.299. The third-order valence-corrected chi connectivity index (χ3v) is 7.91. The lowest BCUT2D eigenvalue weighted by molar-refractivity contribution is -0.274. The summed E-state index contributed by atoms with van der Waals surface area (Å²) in [4.78, 5) is 17.2. The molecule has 1 aromatic carbocycles. The molecule has 0 saturated carbocycles. The second kappa shape index (κ2) is 10.8. The normalized spacial score (nSPS) is 24.0. The van der Waals surface area contributed by atoms with Crippen LogP contribution in [0.3, 0.4) is 0 Å². The van der Waals surface area contributed by atoms with Crippen LogP contribution in [0.1, 0.15) is 18.5 Å². The minimum atomic E-state index is -4.89. The maximum atomic E-state index is 13.5. The quantitative estimate of drug-likeness (QED) is 0.458. The first-order valence-corrected chi connectivity index (χ1v) is 12.0. The number of carbonyl (C=O) groups excluding carboxylic acids is 1. The largest absolute Gasteiger partial charge is 0.573 e. The van der Waals surface area contributed by atoms with Crippen LogP contribution >= 0.6 is 10.7 Å². The number of carbonyl (C=O) groups is 1. The molecule has 0 aromatic heterocycles. The number of amides is 1. The van der Waals surface area contributed by atoms with Gasteiger partial charge in [0.1, 0.15) is 5.75 Å². The number of nitrogens with one attached hydrogen (secondary N) is 1. The van der Waals surface area contributed by atoms with Crippen molar-refractivity contribution in [1.29, 1.82) is 0 Å². The molecule has 3 atom stereocenters. The highest BCUT2D eigenvalue weighted by atomic mass is 32.2. The number of ether oxygens (including phenoxy) is 1. The van der Waals surface area contributed by atoms with E-state index in [2.05, 4.69) is 19.9 Å². The lowest BCUT2D eigenvalue weighted by Crippen LogP contribution is -2.46. The van der Waals surface area contributed by atoms with Crippen molar-refractivity contribution in [3.05, 3.63) is 29.8 Å². The van der Waals surface area contributed by atoms with Gasteiger partial charge in [-0.3, -0.25) is 9.69 Å². The molecule has 2 heterocycles. The van der Waals surface area contributed by atoms with E-state index in [9.17, 15) is 31.1 Å². The summed E-state index contributed by atoms with van der Waals surface area (Å²) >= 11 is 0. The summed E-state index contributed by atoms with van der Waals surface area (Å²) in [6.07, 6.45) is -9.42. The molecule has 0 radical (unpaired) electrons. The van der Waals surface area contributed by atoms with Gasteiger partial charge in [0, 0.05) is 51.9 Å². The summed E-state index contributed by atoms with van der Waals surface area (Å²) < 4.78 is 83.5. The highest BCUT2D eigenvalue weighted by molar-refractivity contribution is 8.26. The van der Waals surface area contributed by atoms with Crippen LogP contribution in [0.25, 0.3) is 0 Å². The fourth-order valence-corrected chi connectivity index (χ4v) is 5.91. The van der Waals surface area contributed by atoms with Crippen LogP contribution in [-0.2, 0) is 0 Å². The lowest BCUT2D eigenvalue weighted by Gasteiger charge is -2.32. The second-order valence-corrected chi connectivity index (χ2v) is 10.1. The smallest absolute Gasteiger partial charge is 0.406 e. The summed E-state index contributed by atoms with van der Waals surface area (Å²) in [5.41, 5.74) is 0.320. The summed E-state index contributed by atoms with van der Waals surface area (Å²) in [6, 6.07) is 4.34. The fraction of sp³-hybridized carbons (Fsp3) is 0.619. The van der Waals surface area contributed by atoms with Crippen LogP contribution in [0, 0.1) is 5.92 Å². The van der Waals surface area contributed by atoms with E-state index in [0.717, 1.165) is 43.7 Å². The van der Waals surface area contributed by atoms with Gasteiger partial charge in [-0.15, -0.1) is 13.2 Å². The molecule has 3 unspecified atom stereocenters.